The molecule has 0 aliphatic heterocycles. The number of rotatable bonds is 6. The van der Waals surface area contributed by atoms with Crippen LogP contribution in [0.2, 0.25) is 0 Å². The molecule has 2 rings (SSSR count). The van der Waals surface area contributed by atoms with E-state index in [0.29, 0.717) is 13.2 Å². The summed E-state index contributed by atoms with van der Waals surface area (Å²) in [6, 6.07) is 15.0. The third-order valence-electron chi connectivity index (χ3n) is 2.80. The van der Waals surface area contributed by atoms with Crippen molar-refractivity contribution in [2.75, 3.05) is 20.3 Å². The summed E-state index contributed by atoms with van der Waals surface area (Å²) >= 11 is 0. The summed E-state index contributed by atoms with van der Waals surface area (Å²) in [5, 5.41) is 9.63. The molecule has 0 aliphatic carbocycles. The second kappa shape index (κ2) is 6.81. The lowest BCUT2D eigenvalue weighted by Crippen LogP contribution is -2.02. The molecule has 0 atom stereocenters. The third kappa shape index (κ3) is 3.73. The first-order chi connectivity index (χ1) is 9.31. The Morgan fingerprint density at radius 1 is 1.00 bits per heavy atom. The quantitative estimate of drug-likeness (QED) is 0.806. The van der Waals surface area contributed by atoms with Gasteiger partial charge in [-0.25, -0.2) is 0 Å². The molecular weight excluding hydrogens is 240 g/mol. The van der Waals surface area contributed by atoms with Crippen LogP contribution in [0.4, 0.5) is 0 Å². The molecule has 0 radical (unpaired) electrons. The van der Waals surface area contributed by atoms with Gasteiger partial charge in [0.2, 0.25) is 0 Å². The van der Waals surface area contributed by atoms with E-state index >= 15 is 0 Å². The second-order valence-corrected chi connectivity index (χ2v) is 4.24. The predicted molar refractivity (Wildman–Crippen MR) is 75.5 cm³/mol. The molecule has 0 amide bonds. The van der Waals surface area contributed by atoms with E-state index in [2.05, 4.69) is 0 Å². The minimum atomic E-state index is 0.239. The van der Waals surface area contributed by atoms with E-state index in [4.69, 9.17) is 9.47 Å². The molecule has 3 heteroatoms. The molecule has 0 unspecified atom stereocenters. The summed E-state index contributed by atoms with van der Waals surface area (Å²) < 4.78 is 10.8. The van der Waals surface area contributed by atoms with E-state index in [9.17, 15) is 5.11 Å². The molecule has 2 aromatic rings. The van der Waals surface area contributed by atoms with Gasteiger partial charge in [-0.2, -0.15) is 0 Å². The Bertz CT molecular complexity index is 509. The topological polar surface area (TPSA) is 38.7 Å². The van der Waals surface area contributed by atoms with E-state index in [-0.39, 0.29) is 5.75 Å². The molecule has 100 valence electrons. The van der Waals surface area contributed by atoms with Crippen molar-refractivity contribution in [1.82, 2.24) is 0 Å². The van der Waals surface area contributed by atoms with E-state index in [1.807, 2.05) is 30.3 Å². The summed E-state index contributed by atoms with van der Waals surface area (Å²) in [6.45, 7) is 1.28. The van der Waals surface area contributed by atoms with E-state index in [1.54, 1.807) is 25.3 Å². The fourth-order valence-electron chi connectivity index (χ4n) is 1.87. The molecule has 3 nitrogen and oxygen atoms in total. The van der Waals surface area contributed by atoms with Gasteiger partial charge in [-0.05, 0) is 23.8 Å². The van der Waals surface area contributed by atoms with Crippen LogP contribution in [0.5, 0.6) is 11.5 Å². The maximum absolute atomic E-state index is 9.63. The zero-order valence-electron chi connectivity index (χ0n) is 11.0. The van der Waals surface area contributed by atoms with Crippen LogP contribution in [0.1, 0.15) is 6.42 Å². The maximum atomic E-state index is 9.63. The lowest BCUT2D eigenvalue weighted by Gasteiger charge is -2.12. The largest absolute Gasteiger partial charge is 0.508 e. The fraction of sp³-hybridized carbons (Fsp3) is 0.250. The van der Waals surface area contributed by atoms with Gasteiger partial charge in [0, 0.05) is 25.7 Å². The number of ether oxygens (including phenoxy) is 2. The van der Waals surface area contributed by atoms with E-state index in [1.165, 1.54) is 0 Å². The minimum absolute atomic E-state index is 0.239. The standard InChI is InChI=1S/C16H18O3/c1-18-10-5-11-19-16-9-8-14(17)12-15(16)13-6-3-2-4-7-13/h2-4,6-9,12,17H,5,10-11H2,1H3. The van der Waals surface area contributed by atoms with Crippen LogP contribution in [0, 0.1) is 0 Å². The summed E-state index contributed by atoms with van der Waals surface area (Å²) in [5.41, 5.74) is 1.93. The van der Waals surface area contributed by atoms with Gasteiger partial charge in [0.15, 0.2) is 0 Å². The highest BCUT2D eigenvalue weighted by Gasteiger charge is 2.07. The van der Waals surface area contributed by atoms with Crippen LogP contribution in [-0.2, 0) is 4.74 Å². The first-order valence-electron chi connectivity index (χ1n) is 6.31. The highest BCUT2D eigenvalue weighted by atomic mass is 16.5. The van der Waals surface area contributed by atoms with Gasteiger partial charge in [0.1, 0.15) is 11.5 Å². The van der Waals surface area contributed by atoms with Crippen LogP contribution in [0.3, 0.4) is 0 Å². The van der Waals surface area contributed by atoms with Crippen molar-refractivity contribution in [1.29, 1.82) is 0 Å². The summed E-state index contributed by atoms with van der Waals surface area (Å²) in [6.07, 6.45) is 0.839. The molecule has 0 spiro atoms. The second-order valence-electron chi connectivity index (χ2n) is 4.24. The predicted octanol–water partition coefficient (Wildman–Crippen LogP) is 3.47. The summed E-state index contributed by atoms with van der Waals surface area (Å²) in [4.78, 5) is 0. The number of benzene rings is 2. The molecule has 0 saturated carbocycles. The van der Waals surface area contributed by atoms with Crippen LogP contribution >= 0.6 is 0 Å². The maximum Gasteiger partial charge on any atom is 0.127 e. The average Bonchev–Trinajstić information content (AvgIpc) is 2.46. The lowest BCUT2D eigenvalue weighted by molar-refractivity contribution is 0.172. The Morgan fingerprint density at radius 2 is 1.79 bits per heavy atom. The monoisotopic (exact) mass is 258 g/mol. The molecular formula is C16H18O3. The Kier molecular flexibility index (Phi) is 4.81. The summed E-state index contributed by atoms with van der Waals surface area (Å²) in [5.74, 6) is 1.02. The van der Waals surface area contributed by atoms with Crippen molar-refractivity contribution < 1.29 is 14.6 Å². The average molecular weight is 258 g/mol. The number of methoxy groups -OCH3 is 1. The molecule has 0 aromatic heterocycles. The van der Waals surface area contributed by atoms with Gasteiger partial charge in [0.25, 0.3) is 0 Å². The minimum Gasteiger partial charge on any atom is -0.508 e. The fourth-order valence-corrected chi connectivity index (χ4v) is 1.87. The number of hydrogen-bond acceptors (Lipinski definition) is 3. The summed E-state index contributed by atoms with van der Waals surface area (Å²) in [7, 11) is 1.68. The molecule has 0 aliphatic rings. The van der Waals surface area contributed by atoms with Crippen molar-refractivity contribution in [3.8, 4) is 22.6 Å². The van der Waals surface area contributed by atoms with E-state index in [0.717, 1.165) is 23.3 Å². The number of phenols is 1. The van der Waals surface area contributed by atoms with Gasteiger partial charge in [-0.3, -0.25) is 0 Å². The van der Waals surface area contributed by atoms with Gasteiger partial charge in [0.05, 0.1) is 6.61 Å². The highest BCUT2D eigenvalue weighted by Crippen LogP contribution is 2.33. The van der Waals surface area contributed by atoms with Crippen LogP contribution in [0.25, 0.3) is 11.1 Å². The van der Waals surface area contributed by atoms with Crippen LogP contribution in [-0.4, -0.2) is 25.4 Å². The molecule has 2 aromatic carbocycles. The van der Waals surface area contributed by atoms with Crippen molar-refractivity contribution in [2.24, 2.45) is 0 Å². The first kappa shape index (κ1) is 13.4. The highest BCUT2D eigenvalue weighted by molar-refractivity contribution is 5.71. The van der Waals surface area contributed by atoms with Crippen molar-refractivity contribution in [3.63, 3.8) is 0 Å². The van der Waals surface area contributed by atoms with Crippen molar-refractivity contribution in [3.05, 3.63) is 48.5 Å². The van der Waals surface area contributed by atoms with E-state index < -0.39 is 0 Å². The zero-order valence-corrected chi connectivity index (χ0v) is 11.0. The SMILES string of the molecule is COCCCOc1ccc(O)cc1-c1ccccc1. The smallest absolute Gasteiger partial charge is 0.127 e. The molecule has 0 fully saturated rings. The Balaban J connectivity index is 2.19. The Labute approximate surface area is 113 Å². The van der Waals surface area contributed by atoms with Crippen molar-refractivity contribution in [2.45, 2.75) is 6.42 Å². The van der Waals surface area contributed by atoms with Gasteiger partial charge in [-0.1, -0.05) is 30.3 Å². The molecule has 1 N–H and O–H groups in total. The third-order valence-corrected chi connectivity index (χ3v) is 2.80. The number of hydrogen-bond donors (Lipinski definition) is 1. The number of phenolic OH excluding ortho intramolecular Hbond substituents is 1. The van der Waals surface area contributed by atoms with Crippen molar-refractivity contribution >= 4 is 0 Å². The van der Waals surface area contributed by atoms with Gasteiger partial charge < -0.3 is 14.6 Å². The Hall–Kier alpha value is -2.00. The molecule has 0 bridgehead atoms. The van der Waals surface area contributed by atoms with Crippen LogP contribution in [0.15, 0.2) is 48.5 Å². The molecule has 0 saturated heterocycles. The Morgan fingerprint density at radius 3 is 2.53 bits per heavy atom. The first-order valence-corrected chi connectivity index (χ1v) is 6.31. The zero-order chi connectivity index (χ0) is 13.5. The van der Waals surface area contributed by atoms with Gasteiger partial charge >= 0.3 is 0 Å². The molecule has 19 heavy (non-hydrogen) atoms. The van der Waals surface area contributed by atoms with Gasteiger partial charge in [-0.15, -0.1) is 0 Å². The molecule has 0 heterocycles. The normalized spacial score (nSPS) is 10.4. The number of aromatic hydroxyl groups is 1. The lowest BCUT2D eigenvalue weighted by atomic mass is 10.0. The van der Waals surface area contributed by atoms with Crippen LogP contribution < -0.4 is 4.74 Å².